The Hall–Kier alpha value is -1.59. The van der Waals surface area contributed by atoms with Crippen molar-refractivity contribution in [2.75, 3.05) is 18.9 Å². The zero-order valence-electron chi connectivity index (χ0n) is 11.9. The summed E-state index contributed by atoms with van der Waals surface area (Å²) in [6.07, 6.45) is 3.62. The molecule has 1 fully saturated rings. The molecule has 4 N–H and O–H groups in total. The molecule has 2 amide bonds. The van der Waals surface area contributed by atoms with Crippen LogP contribution >= 0.6 is 0 Å². The van der Waals surface area contributed by atoms with E-state index in [0.29, 0.717) is 13.1 Å². The van der Waals surface area contributed by atoms with Gasteiger partial charge in [-0.05, 0) is 30.5 Å². The van der Waals surface area contributed by atoms with Crippen molar-refractivity contribution in [1.29, 1.82) is 0 Å². The topological polar surface area (TPSA) is 78.6 Å². The molecular formula is C15H23N3O2. The smallest absolute Gasteiger partial charge is 0.321 e. The van der Waals surface area contributed by atoms with Gasteiger partial charge >= 0.3 is 6.03 Å². The van der Waals surface area contributed by atoms with Crippen molar-refractivity contribution in [2.45, 2.75) is 37.8 Å². The van der Waals surface area contributed by atoms with Crippen molar-refractivity contribution in [2.24, 2.45) is 5.73 Å². The van der Waals surface area contributed by atoms with Gasteiger partial charge in [0, 0.05) is 19.3 Å². The fourth-order valence-corrected chi connectivity index (χ4v) is 2.65. The van der Waals surface area contributed by atoms with Gasteiger partial charge in [0.1, 0.15) is 0 Å². The predicted octanol–water partition coefficient (Wildman–Crippen LogP) is 1.91. The van der Waals surface area contributed by atoms with E-state index in [2.05, 4.69) is 5.32 Å². The number of carbonyl (C=O) groups is 1. The standard InChI is InChI=1S/C15H23N3O2/c1-18(11-15(20)8-2-3-9-15)14(19)17-13-6-4-12(10-16)5-7-13/h4-7,20H,2-3,8-11,16H2,1H3,(H,17,19). The summed E-state index contributed by atoms with van der Waals surface area (Å²) in [5.41, 5.74) is 6.58. The first-order valence-corrected chi connectivity index (χ1v) is 7.06. The lowest BCUT2D eigenvalue weighted by molar-refractivity contribution is 0.0262. The first-order valence-electron chi connectivity index (χ1n) is 7.06. The van der Waals surface area contributed by atoms with Crippen molar-refractivity contribution in [3.63, 3.8) is 0 Å². The summed E-state index contributed by atoms with van der Waals surface area (Å²) in [5, 5.41) is 13.1. The molecule has 1 aliphatic carbocycles. The molecule has 1 aliphatic rings. The molecule has 0 saturated heterocycles. The van der Waals surface area contributed by atoms with E-state index in [9.17, 15) is 9.90 Å². The average molecular weight is 277 g/mol. The van der Waals surface area contributed by atoms with E-state index in [1.165, 1.54) is 0 Å². The summed E-state index contributed by atoms with van der Waals surface area (Å²) in [6, 6.07) is 7.24. The molecule has 0 aliphatic heterocycles. The lowest BCUT2D eigenvalue weighted by Gasteiger charge is -2.28. The Kier molecular flexibility index (Phi) is 4.62. The van der Waals surface area contributed by atoms with Crippen LogP contribution in [0.1, 0.15) is 31.2 Å². The molecule has 0 bridgehead atoms. The van der Waals surface area contributed by atoms with Crippen LogP contribution in [0.15, 0.2) is 24.3 Å². The predicted molar refractivity (Wildman–Crippen MR) is 79.4 cm³/mol. The average Bonchev–Trinajstić information content (AvgIpc) is 2.86. The third-order valence-electron chi connectivity index (χ3n) is 3.85. The Labute approximate surface area is 119 Å². The minimum atomic E-state index is -0.713. The summed E-state index contributed by atoms with van der Waals surface area (Å²) in [5.74, 6) is 0. The number of carbonyl (C=O) groups excluding carboxylic acids is 1. The molecule has 0 unspecified atom stereocenters. The molecule has 0 aromatic heterocycles. The van der Waals surface area contributed by atoms with E-state index in [1.807, 2.05) is 24.3 Å². The van der Waals surface area contributed by atoms with Gasteiger partial charge in [0.15, 0.2) is 0 Å². The van der Waals surface area contributed by atoms with Crippen LogP contribution in [0, 0.1) is 0 Å². The van der Waals surface area contributed by atoms with Gasteiger partial charge in [-0.25, -0.2) is 4.79 Å². The number of likely N-dealkylation sites (N-methyl/N-ethyl adjacent to an activating group) is 1. The molecule has 5 heteroatoms. The van der Waals surface area contributed by atoms with E-state index >= 15 is 0 Å². The normalized spacial score (nSPS) is 16.9. The van der Waals surface area contributed by atoms with Crippen LogP contribution in [0.5, 0.6) is 0 Å². The minimum absolute atomic E-state index is 0.203. The Morgan fingerprint density at radius 3 is 2.50 bits per heavy atom. The van der Waals surface area contributed by atoms with Crippen LogP contribution < -0.4 is 11.1 Å². The van der Waals surface area contributed by atoms with Gasteiger partial charge in [-0.3, -0.25) is 0 Å². The highest BCUT2D eigenvalue weighted by Gasteiger charge is 2.33. The van der Waals surface area contributed by atoms with Gasteiger partial charge < -0.3 is 21.1 Å². The number of rotatable bonds is 4. The van der Waals surface area contributed by atoms with E-state index in [4.69, 9.17) is 5.73 Å². The summed E-state index contributed by atoms with van der Waals surface area (Å²) >= 11 is 0. The number of nitrogens with one attached hydrogen (secondary N) is 1. The van der Waals surface area contributed by atoms with E-state index in [0.717, 1.165) is 36.9 Å². The van der Waals surface area contributed by atoms with Crippen LogP contribution in [0.25, 0.3) is 0 Å². The van der Waals surface area contributed by atoms with Crippen LogP contribution in [0.4, 0.5) is 10.5 Å². The molecule has 0 atom stereocenters. The Bertz CT molecular complexity index is 453. The number of benzene rings is 1. The lowest BCUT2D eigenvalue weighted by Crippen LogP contribution is -2.43. The number of hydrogen-bond donors (Lipinski definition) is 3. The molecule has 110 valence electrons. The van der Waals surface area contributed by atoms with Crippen LogP contribution in [-0.2, 0) is 6.54 Å². The monoisotopic (exact) mass is 277 g/mol. The van der Waals surface area contributed by atoms with Crippen molar-refractivity contribution in [3.8, 4) is 0 Å². The number of nitrogens with zero attached hydrogens (tertiary/aromatic N) is 1. The van der Waals surface area contributed by atoms with Crippen LogP contribution in [0.3, 0.4) is 0 Å². The Balaban J connectivity index is 1.89. The summed E-state index contributed by atoms with van der Waals surface area (Å²) < 4.78 is 0. The van der Waals surface area contributed by atoms with Gasteiger partial charge in [-0.2, -0.15) is 0 Å². The molecule has 1 aromatic rings. The van der Waals surface area contributed by atoms with Crippen molar-refractivity contribution in [1.82, 2.24) is 4.90 Å². The minimum Gasteiger partial charge on any atom is -0.388 e. The highest BCUT2D eigenvalue weighted by Crippen LogP contribution is 2.30. The van der Waals surface area contributed by atoms with Gasteiger partial charge in [-0.1, -0.05) is 25.0 Å². The van der Waals surface area contributed by atoms with Gasteiger partial charge in [0.25, 0.3) is 0 Å². The lowest BCUT2D eigenvalue weighted by atomic mass is 10.0. The van der Waals surface area contributed by atoms with Crippen molar-refractivity contribution >= 4 is 11.7 Å². The van der Waals surface area contributed by atoms with Gasteiger partial charge in [-0.15, -0.1) is 0 Å². The third kappa shape index (κ3) is 3.71. The largest absolute Gasteiger partial charge is 0.388 e. The molecule has 0 spiro atoms. The highest BCUT2D eigenvalue weighted by atomic mass is 16.3. The number of anilines is 1. The molecular weight excluding hydrogens is 254 g/mol. The van der Waals surface area contributed by atoms with Crippen molar-refractivity contribution in [3.05, 3.63) is 29.8 Å². The number of nitrogens with two attached hydrogens (primary N) is 1. The molecule has 20 heavy (non-hydrogen) atoms. The second-order valence-corrected chi connectivity index (χ2v) is 5.62. The molecule has 1 saturated carbocycles. The quantitative estimate of drug-likeness (QED) is 0.786. The fraction of sp³-hybridized carbons (Fsp3) is 0.533. The van der Waals surface area contributed by atoms with Crippen LogP contribution in [0.2, 0.25) is 0 Å². The second kappa shape index (κ2) is 6.24. The highest BCUT2D eigenvalue weighted by molar-refractivity contribution is 5.89. The third-order valence-corrected chi connectivity index (χ3v) is 3.85. The summed E-state index contributed by atoms with van der Waals surface area (Å²) in [4.78, 5) is 13.6. The van der Waals surface area contributed by atoms with Crippen molar-refractivity contribution < 1.29 is 9.90 Å². The summed E-state index contributed by atoms with van der Waals surface area (Å²) in [7, 11) is 1.71. The maximum Gasteiger partial charge on any atom is 0.321 e. The number of urea groups is 1. The first-order chi connectivity index (χ1) is 9.52. The second-order valence-electron chi connectivity index (χ2n) is 5.62. The molecule has 2 rings (SSSR count). The van der Waals surface area contributed by atoms with Gasteiger partial charge in [0.05, 0.1) is 12.1 Å². The maximum absolute atomic E-state index is 12.1. The Morgan fingerprint density at radius 2 is 1.95 bits per heavy atom. The van der Waals surface area contributed by atoms with Gasteiger partial charge in [0.2, 0.25) is 0 Å². The number of amides is 2. The van der Waals surface area contributed by atoms with Crippen LogP contribution in [-0.4, -0.2) is 35.2 Å². The molecule has 5 nitrogen and oxygen atoms in total. The molecule has 1 aromatic carbocycles. The number of aliphatic hydroxyl groups is 1. The zero-order valence-corrected chi connectivity index (χ0v) is 11.9. The first kappa shape index (κ1) is 14.8. The summed E-state index contributed by atoms with van der Waals surface area (Å²) in [6.45, 7) is 0.862. The van der Waals surface area contributed by atoms with E-state index in [1.54, 1.807) is 11.9 Å². The molecule has 0 heterocycles. The number of hydrogen-bond acceptors (Lipinski definition) is 3. The molecule has 0 radical (unpaired) electrons. The Morgan fingerprint density at radius 1 is 1.35 bits per heavy atom. The SMILES string of the molecule is CN(CC1(O)CCCC1)C(=O)Nc1ccc(CN)cc1. The van der Waals surface area contributed by atoms with E-state index < -0.39 is 5.60 Å². The fourth-order valence-electron chi connectivity index (χ4n) is 2.65. The van der Waals surface area contributed by atoms with E-state index in [-0.39, 0.29) is 6.03 Å². The maximum atomic E-state index is 12.1. The zero-order chi connectivity index (χ0) is 14.6.